The van der Waals surface area contributed by atoms with Gasteiger partial charge in [-0.2, -0.15) is 0 Å². The molecule has 0 aromatic carbocycles. The normalized spacial score (nSPS) is 23.9. The zero-order chi connectivity index (χ0) is 10.7. The molecular formula is C12H19OP. The van der Waals surface area contributed by atoms with Gasteiger partial charge in [0.05, 0.1) is 0 Å². The molecule has 3 unspecified atom stereocenters. The van der Waals surface area contributed by atoms with Crippen LogP contribution in [0, 0.1) is 11.8 Å². The SMILES string of the molecule is C=CC(C)C(C)CC(=O)C1=C[PH](C)=C1. The van der Waals surface area contributed by atoms with Gasteiger partial charge in [0, 0.05) is 12.0 Å². The van der Waals surface area contributed by atoms with Gasteiger partial charge >= 0.3 is 0 Å². The molecule has 0 amide bonds. The molecule has 0 aromatic heterocycles. The molecule has 0 bridgehead atoms. The second-order valence-corrected chi connectivity index (χ2v) is 6.25. The van der Waals surface area contributed by atoms with Crippen LogP contribution in [0.15, 0.2) is 24.0 Å². The number of allylic oxidation sites excluding steroid dienone is 2. The van der Waals surface area contributed by atoms with Gasteiger partial charge < -0.3 is 0 Å². The lowest BCUT2D eigenvalue weighted by Crippen LogP contribution is -2.15. The van der Waals surface area contributed by atoms with Crippen LogP contribution < -0.4 is 0 Å². The summed E-state index contributed by atoms with van der Waals surface area (Å²) in [5, 5.41) is 0. The van der Waals surface area contributed by atoms with Gasteiger partial charge in [-0.3, -0.25) is 4.79 Å². The second-order valence-electron chi connectivity index (χ2n) is 4.19. The molecule has 0 radical (unpaired) electrons. The summed E-state index contributed by atoms with van der Waals surface area (Å²) in [4.78, 5) is 11.7. The van der Waals surface area contributed by atoms with E-state index < -0.39 is 0 Å². The van der Waals surface area contributed by atoms with E-state index in [4.69, 9.17) is 0 Å². The highest BCUT2D eigenvalue weighted by molar-refractivity contribution is 7.62. The van der Waals surface area contributed by atoms with Crippen LogP contribution in [0.4, 0.5) is 0 Å². The number of Topliss-reactive ketones (excluding diaryl/α,β-unsaturated/α-hetero) is 1. The van der Waals surface area contributed by atoms with Crippen molar-refractivity contribution in [2.75, 3.05) is 6.66 Å². The Kier molecular flexibility index (Phi) is 3.95. The molecule has 3 atom stereocenters. The van der Waals surface area contributed by atoms with E-state index in [2.05, 4.69) is 38.7 Å². The molecule has 0 aromatic rings. The molecule has 78 valence electrons. The Labute approximate surface area is 87.3 Å². The number of hydrogen-bond donors (Lipinski definition) is 0. The summed E-state index contributed by atoms with van der Waals surface area (Å²) in [6.45, 7) is 10.2. The molecule has 1 aliphatic rings. The molecule has 1 nitrogen and oxygen atoms in total. The molecular weight excluding hydrogens is 191 g/mol. The van der Waals surface area contributed by atoms with Crippen LogP contribution >= 0.6 is 7.55 Å². The van der Waals surface area contributed by atoms with E-state index in [1.54, 1.807) is 0 Å². The average Bonchev–Trinajstić information content (AvgIpc) is 2.11. The van der Waals surface area contributed by atoms with Gasteiger partial charge in [0.15, 0.2) is 5.78 Å². The third kappa shape index (κ3) is 2.72. The van der Waals surface area contributed by atoms with Gasteiger partial charge in [0.2, 0.25) is 0 Å². The first-order chi connectivity index (χ1) is 6.54. The maximum absolute atomic E-state index is 11.7. The largest absolute Gasteiger partial charge is 0.294 e. The van der Waals surface area contributed by atoms with E-state index >= 15 is 0 Å². The van der Waals surface area contributed by atoms with Crippen molar-refractivity contribution in [1.82, 2.24) is 0 Å². The topological polar surface area (TPSA) is 17.1 Å². The first-order valence-electron chi connectivity index (χ1n) is 5.10. The highest BCUT2D eigenvalue weighted by Crippen LogP contribution is 2.32. The summed E-state index contributed by atoms with van der Waals surface area (Å²) in [5.41, 5.74) is 0.963. The fourth-order valence-corrected chi connectivity index (χ4v) is 2.74. The van der Waals surface area contributed by atoms with Crippen molar-refractivity contribution in [2.24, 2.45) is 11.8 Å². The van der Waals surface area contributed by atoms with Gasteiger partial charge in [0.25, 0.3) is 0 Å². The standard InChI is InChI=1S/C12H19OP/c1-5-9(2)10(3)6-12(13)11-7-14(4)8-11/h5,7-10,14H,1,6H2,2-4H3. The summed E-state index contributed by atoms with van der Waals surface area (Å²) in [7, 11) is -0.375. The van der Waals surface area contributed by atoms with Crippen LogP contribution in [-0.2, 0) is 4.79 Å². The molecule has 0 N–H and O–H groups in total. The van der Waals surface area contributed by atoms with E-state index in [1.165, 1.54) is 0 Å². The quantitative estimate of drug-likeness (QED) is 0.503. The van der Waals surface area contributed by atoms with Crippen molar-refractivity contribution in [3.63, 3.8) is 0 Å². The highest BCUT2D eigenvalue weighted by Gasteiger charge is 2.18. The Morgan fingerprint density at radius 3 is 2.64 bits per heavy atom. The summed E-state index contributed by atoms with van der Waals surface area (Å²) >= 11 is 0. The number of carbonyl (C=O) groups excluding carboxylic acids is 1. The summed E-state index contributed by atoms with van der Waals surface area (Å²) < 4.78 is 0. The number of rotatable bonds is 5. The van der Waals surface area contributed by atoms with Crippen LogP contribution in [0.2, 0.25) is 0 Å². The summed E-state index contributed by atoms with van der Waals surface area (Å²) in [5.74, 6) is 5.41. The zero-order valence-electron chi connectivity index (χ0n) is 9.21. The Morgan fingerprint density at radius 1 is 1.64 bits per heavy atom. The van der Waals surface area contributed by atoms with E-state index in [9.17, 15) is 4.79 Å². The molecule has 1 aliphatic heterocycles. The lowest BCUT2D eigenvalue weighted by Gasteiger charge is -2.18. The van der Waals surface area contributed by atoms with Crippen molar-refractivity contribution in [1.29, 1.82) is 0 Å². The minimum Gasteiger partial charge on any atom is -0.294 e. The molecule has 1 heterocycles. The Bertz CT molecular complexity index is 312. The molecule has 0 saturated carbocycles. The maximum atomic E-state index is 11.7. The summed E-state index contributed by atoms with van der Waals surface area (Å²) in [6, 6.07) is 0. The van der Waals surface area contributed by atoms with Gasteiger partial charge in [-0.25, -0.2) is 0 Å². The molecule has 14 heavy (non-hydrogen) atoms. The fraction of sp³-hybridized carbons (Fsp3) is 0.500. The Hall–Kier alpha value is -0.550. The van der Waals surface area contributed by atoms with E-state index in [0.29, 0.717) is 24.0 Å². The fourth-order valence-electron chi connectivity index (χ4n) is 1.47. The molecule has 2 heteroatoms. The molecule has 0 spiro atoms. The first kappa shape index (κ1) is 11.5. The van der Waals surface area contributed by atoms with E-state index in [-0.39, 0.29) is 7.55 Å². The van der Waals surface area contributed by atoms with Crippen LogP contribution in [0.25, 0.3) is 0 Å². The van der Waals surface area contributed by atoms with Gasteiger partial charge in [0.1, 0.15) is 0 Å². The Balaban J connectivity index is 2.42. The van der Waals surface area contributed by atoms with Crippen molar-refractivity contribution in [2.45, 2.75) is 20.3 Å². The van der Waals surface area contributed by atoms with Crippen LogP contribution in [-0.4, -0.2) is 18.2 Å². The third-order valence-electron chi connectivity index (χ3n) is 2.87. The predicted molar refractivity (Wildman–Crippen MR) is 66.5 cm³/mol. The van der Waals surface area contributed by atoms with Gasteiger partial charge in [-0.05, 0) is 18.5 Å². The monoisotopic (exact) mass is 210 g/mol. The summed E-state index contributed by atoms with van der Waals surface area (Å²) in [6.07, 6.45) is 2.58. The van der Waals surface area contributed by atoms with Crippen molar-refractivity contribution in [3.8, 4) is 0 Å². The maximum Gasteiger partial charge on any atom is 0.163 e. The number of carbonyl (C=O) groups is 1. The van der Waals surface area contributed by atoms with Crippen molar-refractivity contribution < 1.29 is 4.79 Å². The average molecular weight is 210 g/mol. The van der Waals surface area contributed by atoms with Crippen LogP contribution in [0.5, 0.6) is 0 Å². The van der Waals surface area contributed by atoms with Crippen molar-refractivity contribution in [3.05, 3.63) is 24.0 Å². The minimum atomic E-state index is -0.375. The lowest BCUT2D eigenvalue weighted by molar-refractivity contribution is -0.116. The second kappa shape index (κ2) is 4.79. The predicted octanol–water partition coefficient (Wildman–Crippen LogP) is 2.95. The molecule has 0 saturated heterocycles. The van der Waals surface area contributed by atoms with Crippen molar-refractivity contribution >= 4 is 19.1 Å². The van der Waals surface area contributed by atoms with E-state index in [1.807, 2.05) is 6.08 Å². The lowest BCUT2D eigenvalue weighted by atomic mass is 9.90. The Morgan fingerprint density at radius 2 is 2.21 bits per heavy atom. The number of hydrogen-bond acceptors (Lipinski definition) is 1. The highest BCUT2D eigenvalue weighted by atomic mass is 31.1. The third-order valence-corrected chi connectivity index (χ3v) is 4.40. The molecule has 0 aliphatic carbocycles. The van der Waals surface area contributed by atoms with Crippen LogP contribution in [0.1, 0.15) is 20.3 Å². The molecule has 0 fully saturated rings. The smallest absolute Gasteiger partial charge is 0.163 e. The first-order valence-corrected chi connectivity index (χ1v) is 7.25. The zero-order valence-corrected chi connectivity index (χ0v) is 10.2. The molecule has 1 rings (SSSR count). The van der Waals surface area contributed by atoms with E-state index in [0.717, 1.165) is 5.57 Å². The minimum absolute atomic E-state index is 0.307. The van der Waals surface area contributed by atoms with Gasteiger partial charge in [-0.1, -0.05) is 39.1 Å². The number of ketones is 1. The van der Waals surface area contributed by atoms with Gasteiger partial charge in [-0.15, -0.1) is 6.58 Å². The van der Waals surface area contributed by atoms with Crippen LogP contribution in [0.3, 0.4) is 0 Å².